The normalized spacial score (nSPS) is 10.1. The maximum Gasteiger partial charge on any atom is 0.0594 e. The molecule has 2 N–H and O–H groups in total. The number of pyridine rings is 1. The Balaban J connectivity index is 2.58. The minimum atomic E-state index is 0.728. The molecule has 1 aromatic carbocycles. The molecule has 0 spiro atoms. The van der Waals surface area contributed by atoms with Gasteiger partial charge in [-0.05, 0) is 21.5 Å². The third kappa shape index (κ3) is 1.63. The molecule has 0 aliphatic carbocycles. The van der Waals surface area contributed by atoms with E-state index in [4.69, 9.17) is 5.73 Å². The molecule has 0 fully saturated rings. The van der Waals surface area contributed by atoms with Crippen molar-refractivity contribution in [2.75, 3.05) is 5.73 Å². The van der Waals surface area contributed by atoms with Gasteiger partial charge in [-0.25, -0.2) is 0 Å². The van der Waals surface area contributed by atoms with E-state index in [1.165, 1.54) is 0 Å². The van der Waals surface area contributed by atoms with E-state index in [-0.39, 0.29) is 0 Å². The molecule has 1 aromatic heterocycles. The summed E-state index contributed by atoms with van der Waals surface area (Å²) >= 11 is 3.36. The van der Waals surface area contributed by atoms with Gasteiger partial charge in [0.25, 0.3) is 0 Å². The van der Waals surface area contributed by atoms with Gasteiger partial charge in [0.05, 0.1) is 10.2 Å². The first-order valence-corrected chi connectivity index (χ1v) is 5.03. The van der Waals surface area contributed by atoms with Crippen molar-refractivity contribution in [3.8, 4) is 11.1 Å². The van der Waals surface area contributed by atoms with E-state index in [9.17, 15) is 0 Å². The van der Waals surface area contributed by atoms with Gasteiger partial charge in [0.1, 0.15) is 0 Å². The second kappa shape index (κ2) is 3.80. The molecule has 0 radical (unpaired) electrons. The van der Waals surface area contributed by atoms with E-state index >= 15 is 0 Å². The number of anilines is 1. The molecule has 0 amide bonds. The second-order valence-electron chi connectivity index (χ2n) is 2.95. The predicted octanol–water partition coefficient (Wildman–Crippen LogP) is 3.09. The van der Waals surface area contributed by atoms with Crippen LogP contribution >= 0.6 is 15.9 Å². The Bertz CT molecular complexity index is 440. The molecule has 0 aliphatic heterocycles. The van der Waals surface area contributed by atoms with Gasteiger partial charge >= 0.3 is 0 Å². The van der Waals surface area contributed by atoms with Crippen LogP contribution < -0.4 is 5.73 Å². The molecule has 0 saturated heterocycles. The van der Waals surface area contributed by atoms with E-state index in [2.05, 4.69) is 20.9 Å². The topological polar surface area (TPSA) is 38.9 Å². The Hall–Kier alpha value is -1.35. The number of hydrogen-bond donors (Lipinski definition) is 1. The number of hydrogen-bond acceptors (Lipinski definition) is 2. The van der Waals surface area contributed by atoms with Crippen LogP contribution in [-0.4, -0.2) is 4.98 Å². The lowest BCUT2D eigenvalue weighted by Crippen LogP contribution is -1.92. The zero-order chi connectivity index (χ0) is 9.97. The lowest BCUT2D eigenvalue weighted by atomic mass is 10.1. The highest BCUT2D eigenvalue weighted by molar-refractivity contribution is 9.10. The molecule has 0 unspecified atom stereocenters. The average Bonchev–Trinajstić information content (AvgIpc) is 2.23. The fourth-order valence-corrected chi connectivity index (χ4v) is 1.62. The van der Waals surface area contributed by atoms with E-state index < -0.39 is 0 Å². The third-order valence-electron chi connectivity index (χ3n) is 2.02. The highest BCUT2D eigenvalue weighted by Gasteiger charge is 2.04. The summed E-state index contributed by atoms with van der Waals surface area (Å²) in [4.78, 5) is 4.09. The molecule has 1 heterocycles. The van der Waals surface area contributed by atoms with E-state index in [0.29, 0.717) is 0 Å². The number of nitrogens with two attached hydrogens (primary N) is 1. The maximum atomic E-state index is 5.93. The van der Waals surface area contributed by atoms with Crippen molar-refractivity contribution in [3.05, 3.63) is 47.2 Å². The van der Waals surface area contributed by atoms with Crippen molar-refractivity contribution in [3.63, 3.8) is 0 Å². The quantitative estimate of drug-likeness (QED) is 0.843. The molecule has 14 heavy (non-hydrogen) atoms. The average molecular weight is 249 g/mol. The summed E-state index contributed by atoms with van der Waals surface area (Å²) in [6.45, 7) is 0. The minimum Gasteiger partial charge on any atom is -0.397 e. The molecule has 3 heteroatoms. The summed E-state index contributed by atoms with van der Waals surface area (Å²) in [5.74, 6) is 0. The number of rotatable bonds is 1. The summed E-state index contributed by atoms with van der Waals surface area (Å²) in [6.07, 6.45) is 3.47. The van der Waals surface area contributed by atoms with Crippen molar-refractivity contribution < 1.29 is 0 Å². The fourth-order valence-electron chi connectivity index (χ4n) is 1.29. The monoisotopic (exact) mass is 248 g/mol. The summed E-state index contributed by atoms with van der Waals surface area (Å²) in [5, 5.41) is 0. The largest absolute Gasteiger partial charge is 0.397 e. The van der Waals surface area contributed by atoms with Crippen LogP contribution in [0.3, 0.4) is 0 Å². The van der Waals surface area contributed by atoms with Crippen molar-refractivity contribution in [1.29, 1.82) is 0 Å². The zero-order valence-corrected chi connectivity index (χ0v) is 9.03. The van der Waals surface area contributed by atoms with Crippen LogP contribution in [0.1, 0.15) is 0 Å². The smallest absolute Gasteiger partial charge is 0.0594 e. The van der Waals surface area contributed by atoms with Gasteiger partial charge in [0.15, 0.2) is 0 Å². The summed E-state index contributed by atoms with van der Waals surface area (Å²) in [6, 6.07) is 9.97. The summed E-state index contributed by atoms with van der Waals surface area (Å²) in [5.41, 5.74) is 8.70. The van der Waals surface area contributed by atoms with E-state index in [1.54, 1.807) is 12.4 Å². The van der Waals surface area contributed by atoms with Crippen LogP contribution in [0.25, 0.3) is 11.1 Å². The Labute approximate surface area is 90.9 Å². The molecule has 0 saturated carbocycles. The van der Waals surface area contributed by atoms with Gasteiger partial charge in [0.2, 0.25) is 0 Å². The van der Waals surface area contributed by atoms with Gasteiger partial charge in [-0.2, -0.15) is 0 Å². The first-order valence-electron chi connectivity index (χ1n) is 4.23. The van der Waals surface area contributed by atoms with Crippen LogP contribution in [0.15, 0.2) is 47.2 Å². The zero-order valence-electron chi connectivity index (χ0n) is 7.44. The van der Waals surface area contributed by atoms with Gasteiger partial charge < -0.3 is 5.73 Å². The number of halogens is 1. The summed E-state index contributed by atoms with van der Waals surface area (Å²) in [7, 11) is 0. The molecular formula is C11H9BrN2. The Morgan fingerprint density at radius 3 is 2.50 bits per heavy atom. The van der Waals surface area contributed by atoms with E-state index in [1.807, 2.05) is 30.3 Å². The first-order chi connectivity index (χ1) is 6.79. The lowest BCUT2D eigenvalue weighted by Gasteiger charge is -2.05. The second-order valence-corrected chi connectivity index (χ2v) is 3.80. The van der Waals surface area contributed by atoms with Crippen LogP contribution in [0, 0.1) is 0 Å². The van der Waals surface area contributed by atoms with Crippen molar-refractivity contribution in [1.82, 2.24) is 4.98 Å². The highest BCUT2D eigenvalue weighted by Crippen LogP contribution is 2.29. The van der Waals surface area contributed by atoms with Crippen LogP contribution in [0.5, 0.6) is 0 Å². The molecule has 0 atom stereocenters. The maximum absolute atomic E-state index is 5.93. The van der Waals surface area contributed by atoms with Crippen LogP contribution in [0.4, 0.5) is 5.69 Å². The van der Waals surface area contributed by atoms with Gasteiger partial charge in [0, 0.05) is 18.0 Å². The molecule has 70 valence electrons. The molecular weight excluding hydrogens is 240 g/mol. The SMILES string of the molecule is Nc1c(Br)cncc1-c1ccccc1. The number of aromatic nitrogens is 1. The Kier molecular flexibility index (Phi) is 2.50. The van der Waals surface area contributed by atoms with Crippen molar-refractivity contribution in [2.24, 2.45) is 0 Å². The number of nitrogen functional groups attached to an aromatic ring is 1. The molecule has 2 nitrogen and oxygen atoms in total. The lowest BCUT2D eigenvalue weighted by molar-refractivity contribution is 1.31. The van der Waals surface area contributed by atoms with Crippen LogP contribution in [-0.2, 0) is 0 Å². The van der Waals surface area contributed by atoms with Crippen LogP contribution in [0.2, 0.25) is 0 Å². The molecule has 0 bridgehead atoms. The predicted molar refractivity (Wildman–Crippen MR) is 61.8 cm³/mol. The highest BCUT2D eigenvalue weighted by atomic mass is 79.9. The Morgan fingerprint density at radius 1 is 1.07 bits per heavy atom. The van der Waals surface area contributed by atoms with Gasteiger partial charge in [-0.1, -0.05) is 30.3 Å². The summed E-state index contributed by atoms with van der Waals surface area (Å²) < 4.78 is 0.832. The first kappa shape index (κ1) is 9.21. The molecule has 2 aromatic rings. The molecule has 0 aliphatic rings. The molecule has 2 rings (SSSR count). The van der Waals surface area contributed by atoms with Crippen molar-refractivity contribution >= 4 is 21.6 Å². The van der Waals surface area contributed by atoms with Crippen molar-refractivity contribution in [2.45, 2.75) is 0 Å². The Morgan fingerprint density at radius 2 is 1.79 bits per heavy atom. The van der Waals surface area contributed by atoms with Gasteiger partial charge in [-0.3, -0.25) is 4.98 Å². The number of nitrogens with zero attached hydrogens (tertiary/aromatic N) is 1. The number of benzene rings is 1. The minimum absolute atomic E-state index is 0.728. The standard InChI is InChI=1S/C11H9BrN2/c12-10-7-14-6-9(11(10)13)8-4-2-1-3-5-8/h1-7H,(H2,13,14). The fraction of sp³-hybridized carbons (Fsp3) is 0. The van der Waals surface area contributed by atoms with E-state index in [0.717, 1.165) is 21.3 Å². The van der Waals surface area contributed by atoms with Gasteiger partial charge in [-0.15, -0.1) is 0 Å². The third-order valence-corrected chi connectivity index (χ3v) is 2.66.